The normalized spacial score (nSPS) is 10.6. The van der Waals surface area contributed by atoms with Gasteiger partial charge in [0.2, 0.25) is 0 Å². The molecule has 1 rings (SSSR count). The van der Waals surface area contributed by atoms with Gasteiger partial charge in [-0.1, -0.05) is 25.1 Å². The third-order valence-corrected chi connectivity index (χ3v) is 3.46. The molecule has 0 bridgehead atoms. The van der Waals surface area contributed by atoms with Crippen molar-refractivity contribution in [2.24, 2.45) is 0 Å². The SMILES string of the molecule is CCCNCCCNCc1ccccc1I. The monoisotopic (exact) mass is 332 g/mol. The molecule has 0 saturated carbocycles. The molecule has 0 radical (unpaired) electrons. The van der Waals surface area contributed by atoms with Crippen LogP contribution in [-0.4, -0.2) is 19.6 Å². The van der Waals surface area contributed by atoms with Gasteiger partial charge in [0, 0.05) is 10.1 Å². The van der Waals surface area contributed by atoms with Crippen molar-refractivity contribution in [3.05, 3.63) is 33.4 Å². The number of benzene rings is 1. The molecule has 2 N–H and O–H groups in total. The molecule has 16 heavy (non-hydrogen) atoms. The predicted octanol–water partition coefficient (Wildman–Crippen LogP) is 2.77. The van der Waals surface area contributed by atoms with E-state index in [1.165, 1.54) is 22.0 Å². The summed E-state index contributed by atoms with van der Waals surface area (Å²) in [5.74, 6) is 0. The minimum absolute atomic E-state index is 0.979. The molecule has 0 unspecified atom stereocenters. The van der Waals surface area contributed by atoms with Gasteiger partial charge in [-0.2, -0.15) is 0 Å². The summed E-state index contributed by atoms with van der Waals surface area (Å²) >= 11 is 2.39. The summed E-state index contributed by atoms with van der Waals surface area (Å²) in [5, 5.41) is 6.88. The molecule has 0 atom stereocenters. The van der Waals surface area contributed by atoms with Gasteiger partial charge in [0.15, 0.2) is 0 Å². The van der Waals surface area contributed by atoms with E-state index in [1.54, 1.807) is 0 Å². The largest absolute Gasteiger partial charge is 0.317 e. The van der Waals surface area contributed by atoms with Crippen molar-refractivity contribution in [3.8, 4) is 0 Å². The van der Waals surface area contributed by atoms with Gasteiger partial charge in [0.1, 0.15) is 0 Å². The number of halogens is 1. The average Bonchev–Trinajstić information content (AvgIpc) is 2.30. The number of hydrogen-bond donors (Lipinski definition) is 2. The first kappa shape index (κ1) is 13.9. The maximum absolute atomic E-state index is 3.47. The van der Waals surface area contributed by atoms with E-state index in [1.807, 2.05) is 0 Å². The molecule has 1 aromatic rings. The van der Waals surface area contributed by atoms with Gasteiger partial charge in [-0.3, -0.25) is 0 Å². The second-order valence-electron chi connectivity index (χ2n) is 3.87. The van der Waals surface area contributed by atoms with Crippen molar-refractivity contribution in [2.45, 2.75) is 26.3 Å². The second kappa shape index (κ2) is 8.96. The molecule has 0 heterocycles. The number of hydrogen-bond acceptors (Lipinski definition) is 2. The molecule has 0 aromatic heterocycles. The van der Waals surface area contributed by atoms with E-state index >= 15 is 0 Å². The summed E-state index contributed by atoms with van der Waals surface area (Å²) in [6, 6.07) is 8.52. The van der Waals surface area contributed by atoms with Crippen LogP contribution in [0.5, 0.6) is 0 Å². The molecular weight excluding hydrogens is 311 g/mol. The summed E-state index contributed by atoms with van der Waals surface area (Å²) < 4.78 is 1.34. The zero-order valence-corrected chi connectivity index (χ0v) is 12.1. The van der Waals surface area contributed by atoms with E-state index in [4.69, 9.17) is 0 Å². The van der Waals surface area contributed by atoms with Gasteiger partial charge in [-0.15, -0.1) is 0 Å². The first-order valence-corrected chi connectivity index (χ1v) is 7.07. The first-order valence-electron chi connectivity index (χ1n) is 5.99. The van der Waals surface area contributed by atoms with Crippen LogP contribution in [0.4, 0.5) is 0 Å². The molecule has 2 nitrogen and oxygen atoms in total. The average molecular weight is 332 g/mol. The highest BCUT2D eigenvalue weighted by molar-refractivity contribution is 14.1. The Labute approximate surface area is 112 Å². The minimum atomic E-state index is 0.979. The van der Waals surface area contributed by atoms with Crippen molar-refractivity contribution in [1.29, 1.82) is 0 Å². The fourth-order valence-corrected chi connectivity index (χ4v) is 2.08. The first-order chi connectivity index (χ1) is 7.84. The van der Waals surface area contributed by atoms with E-state index in [0.29, 0.717) is 0 Å². The Morgan fingerprint density at radius 3 is 2.56 bits per heavy atom. The Balaban J connectivity index is 2.05. The molecule has 0 aliphatic rings. The highest BCUT2D eigenvalue weighted by Crippen LogP contribution is 2.10. The molecule has 0 saturated heterocycles. The van der Waals surface area contributed by atoms with E-state index in [9.17, 15) is 0 Å². The van der Waals surface area contributed by atoms with Gasteiger partial charge in [0.25, 0.3) is 0 Å². The summed E-state index contributed by atoms with van der Waals surface area (Å²) in [6.45, 7) is 6.51. The van der Waals surface area contributed by atoms with Crippen LogP contribution >= 0.6 is 22.6 Å². The predicted molar refractivity (Wildman–Crippen MR) is 78.6 cm³/mol. The van der Waals surface area contributed by atoms with E-state index in [2.05, 4.69) is 64.4 Å². The van der Waals surface area contributed by atoms with Crippen LogP contribution in [0.25, 0.3) is 0 Å². The van der Waals surface area contributed by atoms with Crippen molar-refractivity contribution < 1.29 is 0 Å². The Morgan fingerprint density at radius 1 is 1.06 bits per heavy atom. The Hall–Kier alpha value is -0.130. The van der Waals surface area contributed by atoms with Crippen LogP contribution < -0.4 is 10.6 Å². The number of rotatable bonds is 8. The van der Waals surface area contributed by atoms with E-state index in [0.717, 1.165) is 26.2 Å². The smallest absolute Gasteiger partial charge is 0.0216 e. The number of nitrogens with one attached hydrogen (secondary N) is 2. The maximum Gasteiger partial charge on any atom is 0.0216 e. The zero-order valence-electron chi connectivity index (χ0n) is 9.93. The minimum Gasteiger partial charge on any atom is -0.317 e. The molecular formula is C13H21IN2. The van der Waals surface area contributed by atoms with Gasteiger partial charge in [0.05, 0.1) is 0 Å². The molecule has 0 amide bonds. The lowest BCUT2D eigenvalue weighted by atomic mass is 10.2. The van der Waals surface area contributed by atoms with Gasteiger partial charge >= 0.3 is 0 Å². The maximum atomic E-state index is 3.47. The molecule has 0 aliphatic carbocycles. The fourth-order valence-electron chi connectivity index (χ4n) is 1.50. The lowest BCUT2D eigenvalue weighted by Crippen LogP contribution is -2.22. The third-order valence-electron chi connectivity index (χ3n) is 2.41. The summed E-state index contributed by atoms with van der Waals surface area (Å²) in [7, 11) is 0. The summed E-state index contributed by atoms with van der Waals surface area (Å²) in [5.41, 5.74) is 1.39. The van der Waals surface area contributed by atoms with Crippen molar-refractivity contribution in [2.75, 3.05) is 19.6 Å². The van der Waals surface area contributed by atoms with Crippen LogP contribution in [0.15, 0.2) is 24.3 Å². The summed E-state index contributed by atoms with van der Waals surface area (Å²) in [4.78, 5) is 0. The van der Waals surface area contributed by atoms with Crippen molar-refractivity contribution >= 4 is 22.6 Å². The second-order valence-corrected chi connectivity index (χ2v) is 5.03. The third kappa shape index (κ3) is 5.82. The lowest BCUT2D eigenvalue weighted by molar-refractivity contribution is 0.591. The summed E-state index contributed by atoms with van der Waals surface area (Å²) in [6.07, 6.45) is 2.42. The van der Waals surface area contributed by atoms with Crippen LogP contribution in [0.2, 0.25) is 0 Å². The molecule has 1 aromatic carbocycles. The Kier molecular flexibility index (Phi) is 7.80. The van der Waals surface area contributed by atoms with Gasteiger partial charge in [-0.05, 0) is 66.7 Å². The molecule has 3 heteroatoms. The van der Waals surface area contributed by atoms with Gasteiger partial charge < -0.3 is 10.6 Å². The van der Waals surface area contributed by atoms with Crippen molar-refractivity contribution in [3.63, 3.8) is 0 Å². The van der Waals surface area contributed by atoms with E-state index in [-0.39, 0.29) is 0 Å². The van der Waals surface area contributed by atoms with Gasteiger partial charge in [-0.25, -0.2) is 0 Å². The molecule has 0 spiro atoms. The highest BCUT2D eigenvalue weighted by Gasteiger charge is 1.96. The lowest BCUT2D eigenvalue weighted by Gasteiger charge is -2.07. The molecule has 0 fully saturated rings. The fraction of sp³-hybridized carbons (Fsp3) is 0.538. The molecule has 90 valence electrons. The zero-order chi connectivity index (χ0) is 11.6. The molecule has 0 aliphatic heterocycles. The highest BCUT2D eigenvalue weighted by atomic mass is 127. The van der Waals surface area contributed by atoms with Crippen LogP contribution in [0.3, 0.4) is 0 Å². The standard InChI is InChI=1S/C13H21IN2/c1-2-8-15-9-5-10-16-11-12-6-3-4-7-13(12)14/h3-4,6-7,15-16H,2,5,8-11H2,1H3. The van der Waals surface area contributed by atoms with Crippen molar-refractivity contribution in [1.82, 2.24) is 10.6 Å². The Bertz CT molecular complexity index is 289. The van der Waals surface area contributed by atoms with Crippen LogP contribution in [0.1, 0.15) is 25.3 Å². The van der Waals surface area contributed by atoms with Crippen LogP contribution in [0, 0.1) is 3.57 Å². The van der Waals surface area contributed by atoms with E-state index < -0.39 is 0 Å². The quantitative estimate of drug-likeness (QED) is 0.565. The van der Waals surface area contributed by atoms with Crippen LogP contribution in [-0.2, 0) is 6.54 Å². The topological polar surface area (TPSA) is 24.1 Å². The Morgan fingerprint density at radius 2 is 1.81 bits per heavy atom.